The number of benzene rings is 1. The first-order valence-corrected chi connectivity index (χ1v) is 17.9. The molecule has 1 aromatic heterocycles. The Labute approximate surface area is 278 Å². The van der Waals surface area contributed by atoms with E-state index in [0.29, 0.717) is 19.3 Å². The highest BCUT2D eigenvalue weighted by Crippen LogP contribution is 2.47. The fourth-order valence-electron chi connectivity index (χ4n) is 6.79. The molecular formula is C37H53NO7S. The van der Waals surface area contributed by atoms with Gasteiger partial charge in [-0.1, -0.05) is 65.5 Å². The van der Waals surface area contributed by atoms with Gasteiger partial charge in [0.15, 0.2) is 0 Å². The van der Waals surface area contributed by atoms with E-state index >= 15 is 0 Å². The number of carbonyl (C=O) groups is 3. The van der Waals surface area contributed by atoms with Gasteiger partial charge in [0.25, 0.3) is 0 Å². The van der Waals surface area contributed by atoms with Crippen LogP contribution in [0.5, 0.6) is 0 Å². The Hall–Kier alpha value is -2.62. The maximum Gasteiger partial charge on any atom is 0.309 e. The Morgan fingerprint density at radius 1 is 1.22 bits per heavy atom. The molecule has 0 amide bonds. The lowest BCUT2D eigenvalue weighted by molar-refractivity contribution is -0.162. The molecule has 0 spiro atoms. The van der Waals surface area contributed by atoms with E-state index < -0.39 is 35.6 Å². The van der Waals surface area contributed by atoms with Crippen molar-refractivity contribution in [3.05, 3.63) is 41.4 Å². The number of thiazole rings is 1. The smallest absolute Gasteiger partial charge is 0.309 e. The highest BCUT2D eigenvalue weighted by atomic mass is 32.1. The lowest BCUT2D eigenvalue weighted by Gasteiger charge is -2.37. The molecule has 46 heavy (non-hydrogen) atoms. The van der Waals surface area contributed by atoms with Crippen LogP contribution in [0, 0.1) is 24.2 Å². The summed E-state index contributed by atoms with van der Waals surface area (Å²) in [6.07, 6.45) is 5.89. The normalized spacial score (nSPS) is 30.8. The standard InChI is InChI=1S/C37H53NO7S/c1-8-10-11-12-16-32(40)44-34-23(3)15-13-19-37(7)31(45-37)21-28(25-17-18-29-27(20-25)38-24(4)46-29)43-33(41)22-30(39)36(5,6)35(42)26(34)14-9-2/h9,17-18,20,23,26,28,30-31,34,39H,2,8,10-16,19,21-22H2,1,3-7H3/t23-,26+,28-,30-,31-,34-,37+/m0/s1. The quantitative estimate of drug-likeness (QED) is 0.125. The van der Waals surface area contributed by atoms with Crippen molar-refractivity contribution < 1.29 is 33.7 Å². The molecule has 7 atom stereocenters. The summed E-state index contributed by atoms with van der Waals surface area (Å²) in [5.74, 6) is -1.97. The fraction of sp³-hybridized carbons (Fsp3) is 0.676. The van der Waals surface area contributed by atoms with Crippen molar-refractivity contribution in [2.75, 3.05) is 0 Å². The highest BCUT2D eigenvalue weighted by Gasteiger charge is 2.53. The van der Waals surface area contributed by atoms with E-state index in [2.05, 4.69) is 25.4 Å². The van der Waals surface area contributed by atoms with Gasteiger partial charge in [-0.2, -0.15) is 0 Å². The number of Topliss-reactive ketones (excluding diaryl/α,β-unsaturated/α-hetero) is 1. The van der Waals surface area contributed by atoms with Crippen LogP contribution in [0.4, 0.5) is 0 Å². The maximum absolute atomic E-state index is 14.2. The van der Waals surface area contributed by atoms with Gasteiger partial charge in [0.05, 0.1) is 50.8 Å². The van der Waals surface area contributed by atoms with Crippen LogP contribution < -0.4 is 0 Å². The predicted octanol–water partition coefficient (Wildman–Crippen LogP) is 7.98. The van der Waals surface area contributed by atoms with Crippen molar-refractivity contribution in [2.45, 2.75) is 142 Å². The van der Waals surface area contributed by atoms with E-state index in [1.807, 2.05) is 32.0 Å². The Kier molecular flexibility index (Phi) is 12.2. The van der Waals surface area contributed by atoms with Gasteiger partial charge in [0.2, 0.25) is 0 Å². The average molecular weight is 656 g/mol. The van der Waals surface area contributed by atoms with Crippen LogP contribution in [0.25, 0.3) is 10.2 Å². The SMILES string of the molecule is C=CC[C@H]1C(=O)C(C)(C)[C@@H](O)CC(=O)O[C@H](c2ccc3sc(C)nc3c2)C[C@@H]2O[C@]2(C)CCC[C@H](C)[C@@H]1OC(=O)CCCCCC. The van der Waals surface area contributed by atoms with Gasteiger partial charge in [-0.25, -0.2) is 4.98 Å². The summed E-state index contributed by atoms with van der Waals surface area (Å²) in [7, 11) is 0. The number of hydrogen-bond donors (Lipinski definition) is 1. The third kappa shape index (κ3) is 8.84. The number of unbranched alkanes of at least 4 members (excludes halogenated alkanes) is 3. The molecule has 1 N–H and O–H groups in total. The van der Waals surface area contributed by atoms with Crippen molar-refractivity contribution >= 4 is 39.3 Å². The number of aryl methyl sites for hydroxylation is 1. The molecule has 0 saturated carbocycles. The second-order valence-corrected chi connectivity index (χ2v) is 15.4. The Bertz CT molecular complexity index is 1380. The zero-order chi connectivity index (χ0) is 33.6. The van der Waals surface area contributed by atoms with Crippen LogP contribution in [0.3, 0.4) is 0 Å². The van der Waals surface area contributed by atoms with Crippen LogP contribution in [-0.2, 0) is 28.6 Å². The topological polar surface area (TPSA) is 115 Å². The molecule has 8 nitrogen and oxygen atoms in total. The summed E-state index contributed by atoms with van der Waals surface area (Å²) < 4.78 is 19.5. The number of aliphatic hydroxyl groups is 1. The van der Waals surface area contributed by atoms with Crippen LogP contribution in [0.15, 0.2) is 30.9 Å². The monoisotopic (exact) mass is 655 g/mol. The molecule has 0 unspecified atom stereocenters. The zero-order valence-corrected chi connectivity index (χ0v) is 29.3. The third-order valence-electron chi connectivity index (χ3n) is 10.0. The molecular weight excluding hydrogens is 602 g/mol. The summed E-state index contributed by atoms with van der Waals surface area (Å²) in [6.45, 7) is 15.4. The zero-order valence-electron chi connectivity index (χ0n) is 28.5. The maximum atomic E-state index is 14.2. The minimum atomic E-state index is -1.31. The molecule has 2 aliphatic rings. The van der Waals surface area contributed by atoms with E-state index in [-0.39, 0.29) is 35.8 Å². The molecule has 2 aromatic rings. The molecule has 2 fully saturated rings. The number of nitrogens with zero attached hydrogens (tertiary/aromatic N) is 1. The lowest BCUT2D eigenvalue weighted by atomic mass is 9.71. The van der Waals surface area contributed by atoms with Crippen molar-refractivity contribution in [1.82, 2.24) is 4.98 Å². The van der Waals surface area contributed by atoms with Crippen LogP contribution in [-0.4, -0.2) is 51.7 Å². The average Bonchev–Trinajstić information content (AvgIpc) is 3.47. The fourth-order valence-corrected chi connectivity index (χ4v) is 7.60. The summed E-state index contributed by atoms with van der Waals surface area (Å²) in [5, 5.41) is 12.3. The molecule has 1 aromatic carbocycles. The van der Waals surface area contributed by atoms with Gasteiger partial charge in [0, 0.05) is 12.8 Å². The largest absolute Gasteiger partial charge is 0.461 e. The molecule has 0 radical (unpaired) electrons. The summed E-state index contributed by atoms with van der Waals surface area (Å²) >= 11 is 1.61. The number of cyclic esters (lactones) is 1. The number of aliphatic hydroxyl groups excluding tert-OH is 1. The van der Waals surface area contributed by atoms with Crippen LogP contribution in [0.1, 0.15) is 122 Å². The molecule has 4 rings (SSSR count). The first kappa shape index (κ1) is 36.2. The van der Waals surface area contributed by atoms with Gasteiger partial charge in [-0.05, 0) is 63.1 Å². The van der Waals surface area contributed by atoms with Gasteiger partial charge in [-0.3, -0.25) is 14.4 Å². The van der Waals surface area contributed by atoms with E-state index in [1.54, 1.807) is 31.3 Å². The minimum absolute atomic E-state index is 0.102. The number of rotatable bonds is 9. The van der Waals surface area contributed by atoms with Crippen LogP contribution in [0.2, 0.25) is 0 Å². The number of carbonyl (C=O) groups excluding carboxylic acids is 3. The van der Waals surface area contributed by atoms with Gasteiger partial charge < -0.3 is 19.3 Å². The summed E-state index contributed by atoms with van der Waals surface area (Å²) in [5.41, 5.74) is 0.00771. The molecule has 0 bridgehead atoms. The number of ether oxygens (including phenoxy) is 3. The Balaban J connectivity index is 1.60. The highest BCUT2D eigenvalue weighted by molar-refractivity contribution is 7.18. The molecule has 0 aliphatic carbocycles. The molecule has 2 aliphatic heterocycles. The number of hydrogen-bond acceptors (Lipinski definition) is 9. The minimum Gasteiger partial charge on any atom is -0.461 e. The van der Waals surface area contributed by atoms with E-state index in [1.165, 1.54) is 0 Å². The molecule has 9 heteroatoms. The van der Waals surface area contributed by atoms with E-state index in [4.69, 9.17) is 14.2 Å². The van der Waals surface area contributed by atoms with Crippen LogP contribution >= 0.6 is 11.3 Å². The number of epoxide rings is 1. The molecule has 254 valence electrons. The van der Waals surface area contributed by atoms with Crippen molar-refractivity contribution in [3.63, 3.8) is 0 Å². The number of aromatic nitrogens is 1. The Morgan fingerprint density at radius 3 is 2.70 bits per heavy atom. The number of fused-ring (bicyclic) bond motifs is 2. The molecule has 3 heterocycles. The summed E-state index contributed by atoms with van der Waals surface area (Å²) in [4.78, 5) is 45.3. The number of ketones is 1. The van der Waals surface area contributed by atoms with Crippen molar-refractivity contribution in [1.29, 1.82) is 0 Å². The van der Waals surface area contributed by atoms with Gasteiger partial charge >= 0.3 is 11.9 Å². The summed E-state index contributed by atoms with van der Waals surface area (Å²) in [6, 6.07) is 5.93. The van der Waals surface area contributed by atoms with Gasteiger partial charge in [0.1, 0.15) is 18.0 Å². The Morgan fingerprint density at radius 2 is 1.98 bits per heavy atom. The van der Waals surface area contributed by atoms with E-state index in [0.717, 1.165) is 65.7 Å². The second kappa shape index (κ2) is 15.5. The van der Waals surface area contributed by atoms with Crippen molar-refractivity contribution in [3.8, 4) is 0 Å². The second-order valence-electron chi connectivity index (χ2n) is 14.2. The first-order valence-electron chi connectivity index (χ1n) is 17.1. The van der Waals surface area contributed by atoms with Crippen molar-refractivity contribution in [2.24, 2.45) is 17.3 Å². The third-order valence-corrected chi connectivity index (χ3v) is 11.0. The van der Waals surface area contributed by atoms with E-state index in [9.17, 15) is 19.5 Å². The van der Waals surface area contributed by atoms with Gasteiger partial charge in [-0.15, -0.1) is 17.9 Å². The number of esters is 2. The molecule has 2 saturated heterocycles. The predicted molar refractivity (Wildman–Crippen MR) is 180 cm³/mol. The lowest BCUT2D eigenvalue weighted by Crippen LogP contribution is -2.47. The number of allylic oxidation sites excluding steroid dienone is 1. The first-order chi connectivity index (χ1) is 21.8.